The largest absolute Gasteiger partial charge is 0.432 e. The quantitative estimate of drug-likeness (QED) is 0.345. The van der Waals surface area contributed by atoms with Crippen molar-refractivity contribution in [1.29, 1.82) is 0 Å². The van der Waals surface area contributed by atoms with Crippen LogP contribution in [0.1, 0.15) is 61.9 Å². The Kier molecular flexibility index (Phi) is 8.52. The highest BCUT2D eigenvalue weighted by Gasteiger charge is 2.31. The number of hydrogen-bond donors (Lipinski definition) is 3. The molecule has 8 nitrogen and oxygen atoms in total. The molecular weight excluding hydrogens is 557 g/mol. The van der Waals surface area contributed by atoms with Gasteiger partial charge < -0.3 is 16.4 Å². The molecule has 1 aliphatic carbocycles. The highest BCUT2D eigenvalue weighted by atomic mass is 19.4. The summed E-state index contributed by atoms with van der Waals surface area (Å²) in [5, 5.41) is 5.71. The van der Waals surface area contributed by atoms with Gasteiger partial charge >= 0.3 is 6.18 Å². The molecule has 2 bridgehead atoms. The van der Waals surface area contributed by atoms with E-state index in [9.17, 15) is 22.8 Å². The van der Waals surface area contributed by atoms with E-state index in [-0.39, 0.29) is 17.4 Å². The number of nitrogens with two attached hydrogens (primary N) is 1. The lowest BCUT2D eigenvalue weighted by Crippen LogP contribution is -2.31. The molecule has 11 heteroatoms. The molecule has 0 radical (unpaired) electrons. The van der Waals surface area contributed by atoms with Crippen molar-refractivity contribution in [2.75, 3.05) is 5.32 Å². The summed E-state index contributed by atoms with van der Waals surface area (Å²) >= 11 is 0. The zero-order valence-corrected chi connectivity index (χ0v) is 23.9. The molecule has 1 aliphatic heterocycles. The van der Waals surface area contributed by atoms with Gasteiger partial charge in [-0.2, -0.15) is 13.2 Å². The molecule has 0 saturated heterocycles. The summed E-state index contributed by atoms with van der Waals surface area (Å²) in [6.45, 7) is 3.73. The fourth-order valence-corrected chi connectivity index (χ4v) is 5.32. The van der Waals surface area contributed by atoms with Crippen LogP contribution < -0.4 is 21.9 Å². The predicted molar refractivity (Wildman–Crippen MR) is 159 cm³/mol. The Labute approximate surface area is 247 Å². The number of fused-ring (bicyclic) bond motifs is 4. The molecule has 3 aromatic rings. The van der Waals surface area contributed by atoms with Crippen molar-refractivity contribution < 1.29 is 18.0 Å². The summed E-state index contributed by atoms with van der Waals surface area (Å²) in [5.41, 5.74) is 8.76. The van der Waals surface area contributed by atoms with Gasteiger partial charge in [0.25, 0.3) is 5.56 Å². The third kappa shape index (κ3) is 6.71. The van der Waals surface area contributed by atoms with E-state index in [0.717, 1.165) is 35.2 Å². The SMILES string of the molecule is Cc1ccc(N/C=C(\N)C(F)(F)F)c(-c2cc(=O)n(C3CCCC(C)C(=O)NC4=CCCC=C4c4ccnc3c4)cn2)c1. The van der Waals surface area contributed by atoms with E-state index < -0.39 is 17.9 Å². The molecule has 1 amide bonds. The maximum Gasteiger partial charge on any atom is 0.432 e. The lowest BCUT2D eigenvalue weighted by atomic mass is 9.92. The van der Waals surface area contributed by atoms with Gasteiger partial charge in [0.1, 0.15) is 5.70 Å². The van der Waals surface area contributed by atoms with E-state index in [2.05, 4.69) is 26.7 Å². The summed E-state index contributed by atoms with van der Waals surface area (Å²) in [6, 6.07) is 9.86. The van der Waals surface area contributed by atoms with Crippen LogP contribution in [0.15, 0.2) is 83.5 Å². The smallest absolute Gasteiger partial charge is 0.394 e. The Balaban J connectivity index is 1.53. The lowest BCUT2D eigenvalue weighted by molar-refractivity contribution is -0.123. The van der Waals surface area contributed by atoms with Crippen LogP contribution in [-0.2, 0) is 4.79 Å². The monoisotopic (exact) mass is 590 g/mol. The van der Waals surface area contributed by atoms with Crippen LogP contribution in [0.25, 0.3) is 16.8 Å². The molecule has 224 valence electrons. The molecule has 0 fully saturated rings. The van der Waals surface area contributed by atoms with Gasteiger partial charge in [0, 0.05) is 46.9 Å². The van der Waals surface area contributed by atoms with E-state index in [4.69, 9.17) is 5.73 Å². The fourth-order valence-electron chi connectivity index (χ4n) is 5.32. The van der Waals surface area contributed by atoms with Crippen LogP contribution >= 0.6 is 0 Å². The number of rotatable bonds is 4. The third-order valence-corrected chi connectivity index (χ3v) is 7.74. The Morgan fingerprint density at radius 3 is 2.65 bits per heavy atom. The number of nitrogens with zero attached hydrogens (tertiary/aromatic N) is 3. The van der Waals surface area contributed by atoms with Crippen molar-refractivity contribution in [2.45, 2.75) is 58.2 Å². The molecule has 0 saturated carbocycles. The second-order valence-electron chi connectivity index (χ2n) is 10.9. The van der Waals surface area contributed by atoms with Crippen LogP contribution in [0.2, 0.25) is 0 Å². The number of pyridine rings is 1. The normalized spacial score (nSPS) is 19.7. The van der Waals surface area contributed by atoms with Gasteiger partial charge in [-0.05, 0) is 62.4 Å². The maximum absolute atomic E-state index is 13.6. The molecule has 2 unspecified atom stereocenters. The number of carbonyl (C=O) groups excluding carboxylic acids is 1. The fraction of sp³-hybridized carbons (Fsp3) is 0.312. The molecule has 0 spiro atoms. The number of hydrogen-bond acceptors (Lipinski definition) is 6. The number of aryl methyl sites for hydroxylation is 1. The lowest BCUT2D eigenvalue weighted by Gasteiger charge is -2.24. The Bertz CT molecular complexity index is 1690. The number of nitrogens with one attached hydrogen (secondary N) is 2. The van der Waals surface area contributed by atoms with Gasteiger partial charge in [-0.15, -0.1) is 0 Å². The van der Waals surface area contributed by atoms with Crippen LogP contribution in [0, 0.1) is 12.8 Å². The first-order valence-electron chi connectivity index (χ1n) is 14.2. The van der Waals surface area contributed by atoms with Crippen LogP contribution in [0.4, 0.5) is 18.9 Å². The number of halogens is 3. The molecule has 2 aromatic heterocycles. The number of benzene rings is 1. The zero-order chi connectivity index (χ0) is 30.7. The van der Waals surface area contributed by atoms with E-state index in [1.54, 1.807) is 24.4 Å². The zero-order valence-electron chi connectivity index (χ0n) is 23.9. The summed E-state index contributed by atoms with van der Waals surface area (Å²) in [4.78, 5) is 35.8. The summed E-state index contributed by atoms with van der Waals surface area (Å²) in [7, 11) is 0. The minimum absolute atomic E-state index is 0.0388. The van der Waals surface area contributed by atoms with Crippen LogP contribution in [0.5, 0.6) is 0 Å². The number of allylic oxidation sites excluding steroid dienone is 4. The molecule has 3 heterocycles. The minimum atomic E-state index is -4.68. The predicted octanol–water partition coefficient (Wildman–Crippen LogP) is 5.97. The maximum atomic E-state index is 13.6. The van der Waals surface area contributed by atoms with E-state index >= 15 is 0 Å². The molecule has 4 N–H and O–H groups in total. The number of carbonyl (C=O) groups is 1. The Morgan fingerprint density at radius 1 is 1.09 bits per heavy atom. The van der Waals surface area contributed by atoms with Crippen molar-refractivity contribution in [3.05, 3.63) is 106 Å². The van der Waals surface area contributed by atoms with Crippen molar-refractivity contribution >= 4 is 17.2 Å². The van der Waals surface area contributed by atoms with Crippen molar-refractivity contribution in [3.63, 3.8) is 0 Å². The van der Waals surface area contributed by atoms with Gasteiger partial charge in [-0.1, -0.05) is 37.1 Å². The number of alkyl halides is 3. The summed E-state index contributed by atoms with van der Waals surface area (Å²) in [5.74, 6) is -0.261. The number of aromatic nitrogens is 3. The van der Waals surface area contributed by atoms with E-state index in [1.165, 1.54) is 17.0 Å². The van der Waals surface area contributed by atoms with Crippen molar-refractivity contribution in [2.24, 2.45) is 11.7 Å². The third-order valence-electron chi connectivity index (χ3n) is 7.74. The Morgan fingerprint density at radius 2 is 1.88 bits per heavy atom. The first-order chi connectivity index (χ1) is 20.5. The second-order valence-corrected chi connectivity index (χ2v) is 10.9. The van der Waals surface area contributed by atoms with Crippen LogP contribution in [0.3, 0.4) is 0 Å². The first-order valence-corrected chi connectivity index (χ1v) is 14.2. The van der Waals surface area contributed by atoms with Crippen LogP contribution in [-0.4, -0.2) is 26.6 Å². The van der Waals surface area contributed by atoms with E-state index in [0.29, 0.717) is 48.1 Å². The highest BCUT2D eigenvalue weighted by Crippen LogP contribution is 2.32. The molecule has 2 atom stereocenters. The van der Waals surface area contributed by atoms with Gasteiger partial charge in [-0.3, -0.25) is 19.1 Å². The van der Waals surface area contributed by atoms with Gasteiger partial charge in [0.15, 0.2) is 0 Å². The second kappa shape index (κ2) is 12.3. The number of anilines is 1. The molecule has 5 rings (SSSR count). The highest BCUT2D eigenvalue weighted by molar-refractivity contribution is 5.88. The van der Waals surface area contributed by atoms with Crippen molar-refractivity contribution in [1.82, 2.24) is 19.9 Å². The van der Waals surface area contributed by atoms with E-state index in [1.807, 2.05) is 32.1 Å². The molecule has 43 heavy (non-hydrogen) atoms. The van der Waals surface area contributed by atoms with Gasteiger partial charge in [0.05, 0.1) is 23.8 Å². The topological polar surface area (TPSA) is 115 Å². The average molecular weight is 591 g/mol. The molecular formula is C32H33F3N6O2. The molecule has 2 aliphatic rings. The standard InChI is InChI=1S/C32H33F3N6O2/c1-19-10-11-24(38-17-29(36)32(33,34)35)23(14-19)26-16-30(42)41(18-39-26)28-9-5-6-20(2)31(43)40-25-8-4-3-7-22(25)21-12-13-37-27(28)15-21/h7-8,10-18,20,28,38H,3-6,9,36H2,1-2H3,(H,40,43)/b29-17-. The summed E-state index contributed by atoms with van der Waals surface area (Å²) < 4.78 is 40.3. The van der Waals surface area contributed by atoms with Gasteiger partial charge in [-0.25, -0.2) is 4.98 Å². The van der Waals surface area contributed by atoms with Gasteiger partial charge in [0.2, 0.25) is 5.91 Å². The molecule has 1 aromatic carbocycles. The number of amides is 1. The Hall–Kier alpha value is -4.67. The summed E-state index contributed by atoms with van der Waals surface area (Å²) in [6.07, 6.45) is 6.85. The average Bonchev–Trinajstić information content (AvgIpc) is 2.98. The first kappa shape index (κ1) is 29.8. The van der Waals surface area contributed by atoms with Crippen molar-refractivity contribution in [3.8, 4) is 11.3 Å². The minimum Gasteiger partial charge on any atom is -0.394 e.